The first-order valence-electron chi connectivity index (χ1n) is 5.00. The van der Waals surface area contributed by atoms with Crippen LogP contribution in [-0.4, -0.2) is 6.29 Å². The van der Waals surface area contributed by atoms with E-state index in [1.165, 1.54) is 19.3 Å². The summed E-state index contributed by atoms with van der Waals surface area (Å²) in [6.45, 7) is 4.03. The van der Waals surface area contributed by atoms with Crippen LogP contribution in [0, 0.1) is 5.92 Å². The Balaban J connectivity index is 3.37. The van der Waals surface area contributed by atoms with E-state index in [-0.39, 0.29) is 5.92 Å². The van der Waals surface area contributed by atoms with E-state index in [0.29, 0.717) is 0 Å². The average Bonchev–Trinajstić information content (AvgIpc) is 2.16. The van der Waals surface area contributed by atoms with Crippen LogP contribution in [0.3, 0.4) is 0 Å². The summed E-state index contributed by atoms with van der Waals surface area (Å²) in [5, 5.41) is 0. The van der Waals surface area contributed by atoms with Gasteiger partial charge in [0, 0.05) is 5.92 Å². The fourth-order valence-corrected chi connectivity index (χ4v) is 0.937. The first-order chi connectivity index (χ1) is 6.31. The Morgan fingerprint density at radius 2 is 2.08 bits per heavy atom. The predicted octanol–water partition coefficient (Wildman–Crippen LogP) is 3.42. The highest BCUT2D eigenvalue weighted by atomic mass is 16.1. The Bertz CT molecular complexity index is 168. The number of allylic oxidation sites excluding steroid dienone is 4. The van der Waals surface area contributed by atoms with Crippen LogP contribution < -0.4 is 0 Å². The van der Waals surface area contributed by atoms with Crippen LogP contribution in [0.1, 0.15) is 39.5 Å². The summed E-state index contributed by atoms with van der Waals surface area (Å²) in [5.41, 5.74) is 0. The maximum atomic E-state index is 10.1. The molecule has 0 rings (SSSR count). The zero-order valence-electron chi connectivity index (χ0n) is 8.62. The molecule has 1 atom stereocenters. The Morgan fingerprint density at radius 3 is 2.69 bits per heavy atom. The van der Waals surface area contributed by atoms with E-state index in [4.69, 9.17) is 0 Å². The van der Waals surface area contributed by atoms with Crippen LogP contribution in [0.15, 0.2) is 24.3 Å². The summed E-state index contributed by atoms with van der Waals surface area (Å²) in [4.78, 5) is 10.1. The molecule has 0 aliphatic rings. The zero-order chi connectivity index (χ0) is 9.94. The van der Waals surface area contributed by atoms with Gasteiger partial charge in [-0.15, -0.1) is 0 Å². The highest BCUT2D eigenvalue weighted by Gasteiger charge is 1.90. The SMILES string of the molecule is CCCCC=CCC=CC(C)[C]=O. The van der Waals surface area contributed by atoms with Gasteiger partial charge >= 0.3 is 0 Å². The van der Waals surface area contributed by atoms with Crippen LogP contribution in [-0.2, 0) is 4.79 Å². The Morgan fingerprint density at radius 1 is 1.31 bits per heavy atom. The van der Waals surface area contributed by atoms with E-state index in [0.717, 1.165) is 6.42 Å². The molecular weight excluding hydrogens is 160 g/mol. The molecular formula is C12H19O. The van der Waals surface area contributed by atoms with E-state index in [2.05, 4.69) is 19.1 Å². The van der Waals surface area contributed by atoms with Gasteiger partial charge in [0.25, 0.3) is 0 Å². The Hall–Kier alpha value is -0.850. The van der Waals surface area contributed by atoms with E-state index in [9.17, 15) is 4.79 Å². The topological polar surface area (TPSA) is 17.1 Å². The van der Waals surface area contributed by atoms with E-state index in [1.54, 1.807) is 0 Å². The lowest BCUT2D eigenvalue weighted by molar-refractivity contribution is 0.543. The average molecular weight is 179 g/mol. The van der Waals surface area contributed by atoms with Crippen molar-refractivity contribution >= 4 is 6.29 Å². The molecule has 73 valence electrons. The normalized spacial score (nSPS) is 14.0. The molecule has 0 aromatic rings. The molecule has 1 radical (unpaired) electrons. The smallest absolute Gasteiger partial charge is 0.205 e. The van der Waals surface area contributed by atoms with Gasteiger partial charge in [0.1, 0.15) is 0 Å². The number of hydrogen-bond acceptors (Lipinski definition) is 1. The van der Waals surface area contributed by atoms with Crippen molar-refractivity contribution < 1.29 is 4.79 Å². The highest BCUT2D eigenvalue weighted by Crippen LogP contribution is 1.98. The second kappa shape index (κ2) is 9.24. The van der Waals surface area contributed by atoms with E-state index in [1.807, 2.05) is 25.4 Å². The van der Waals surface area contributed by atoms with Crippen molar-refractivity contribution in [3.8, 4) is 0 Å². The zero-order valence-corrected chi connectivity index (χ0v) is 8.62. The van der Waals surface area contributed by atoms with E-state index >= 15 is 0 Å². The van der Waals surface area contributed by atoms with Crippen LogP contribution in [0.5, 0.6) is 0 Å². The summed E-state index contributed by atoms with van der Waals surface area (Å²) in [6.07, 6.45) is 14.8. The van der Waals surface area contributed by atoms with Crippen molar-refractivity contribution in [1.29, 1.82) is 0 Å². The monoisotopic (exact) mass is 179 g/mol. The molecule has 0 aromatic carbocycles. The molecule has 0 heterocycles. The van der Waals surface area contributed by atoms with Crippen molar-refractivity contribution in [2.75, 3.05) is 0 Å². The van der Waals surface area contributed by atoms with Gasteiger partial charge in [0.05, 0.1) is 0 Å². The molecule has 1 unspecified atom stereocenters. The van der Waals surface area contributed by atoms with Gasteiger partial charge in [-0.2, -0.15) is 0 Å². The second-order valence-corrected chi connectivity index (χ2v) is 3.18. The molecule has 0 amide bonds. The van der Waals surface area contributed by atoms with Crippen LogP contribution in [0.2, 0.25) is 0 Å². The van der Waals surface area contributed by atoms with Crippen LogP contribution in [0.4, 0.5) is 0 Å². The minimum atomic E-state index is -0.0657. The number of rotatable bonds is 7. The molecule has 0 spiro atoms. The van der Waals surface area contributed by atoms with Crippen LogP contribution >= 0.6 is 0 Å². The third-order valence-corrected chi connectivity index (χ3v) is 1.77. The van der Waals surface area contributed by atoms with Gasteiger partial charge < -0.3 is 0 Å². The van der Waals surface area contributed by atoms with Crippen molar-refractivity contribution in [2.45, 2.75) is 39.5 Å². The largest absolute Gasteiger partial charge is 0.290 e. The number of hydrogen-bond donors (Lipinski definition) is 0. The minimum Gasteiger partial charge on any atom is -0.290 e. The van der Waals surface area contributed by atoms with Crippen molar-refractivity contribution in [2.24, 2.45) is 5.92 Å². The van der Waals surface area contributed by atoms with Crippen molar-refractivity contribution in [3.63, 3.8) is 0 Å². The number of unbranched alkanes of at least 4 members (excludes halogenated alkanes) is 2. The quantitative estimate of drug-likeness (QED) is 0.432. The second-order valence-electron chi connectivity index (χ2n) is 3.18. The molecule has 13 heavy (non-hydrogen) atoms. The third kappa shape index (κ3) is 9.06. The molecule has 0 aliphatic carbocycles. The molecule has 1 nitrogen and oxygen atoms in total. The van der Waals surface area contributed by atoms with Gasteiger partial charge in [0.2, 0.25) is 6.29 Å². The van der Waals surface area contributed by atoms with Gasteiger partial charge in [-0.1, -0.05) is 51.0 Å². The summed E-state index contributed by atoms with van der Waals surface area (Å²) < 4.78 is 0. The Labute approximate surface area is 81.5 Å². The third-order valence-electron chi connectivity index (χ3n) is 1.77. The highest BCUT2D eigenvalue weighted by molar-refractivity contribution is 5.56. The fourth-order valence-electron chi connectivity index (χ4n) is 0.937. The summed E-state index contributed by atoms with van der Waals surface area (Å²) in [7, 11) is 0. The van der Waals surface area contributed by atoms with Crippen LogP contribution in [0.25, 0.3) is 0 Å². The minimum absolute atomic E-state index is 0.0657. The molecule has 0 saturated carbocycles. The van der Waals surface area contributed by atoms with Gasteiger partial charge in [-0.3, -0.25) is 4.79 Å². The fraction of sp³-hybridized carbons (Fsp3) is 0.583. The van der Waals surface area contributed by atoms with Crippen molar-refractivity contribution in [3.05, 3.63) is 24.3 Å². The van der Waals surface area contributed by atoms with E-state index < -0.39 is 0 Å². The molecule has 0 aromatic heterocycles. The van der Waals surface area contributed by atoms with Gasteiger partial charge in [-0.05, 0) is 12.8 Å². The molecule has 0 N–H and O–H groups in total. The Kier molecular flexibility index (Phi) is 8.64. The summed E-state index contributed by atoms with van der Waals surface area (Å²) in [6, 6.07) is 0. The molecule has 0 fully saturated rings. The lowest BCUT2D eigenvalue weighted by atomic mass is 10.2. The van der Waals surface area contributed by atoms with Gasteiger partial charge in [0.15, 0.2) is 0 Å². The number of carbonyl (C=O) groups excluding carboxylic acids is 1. The molecule has 1 heteroatoms. The molecule has 0 aliphatic heterocycles. The lowest BCUT2D eigenvalue weighted by Crippen LogP contribution is -1.87. The molecule has 0 bridgehead atoms. The summed E-state index contributed by atoms with van der Waals surface area (Å²) >= 11 is 0. The first kappa shape index (κ1) is 12.2. The molecule has 0 saturated heterocycles. The summed E-state index contributed by atoms with van der Waals surface area (Å²) in [5.74, 6) is -0.0657. The lowest BCUT2D eigenvalue weighted by Gasteiger charge is -1.89. The maximum absolute atomic E-state index is 10.1. The van der Waals surface area contributed by atoms with Crippen molar-refractivity contribution in [1.82, 2.24) is 0 Å². The predicted molar refractivity (Wildman–Crippen MR) is 57.3 cm³/mol. The maximum Gasteiger partial charge on any atom is 0.205 e. The first-order valence-corrected chi connectivity index (χ1v) is 5.00. The standard InChI is InChI=1S/C12H19O/c1-3-4-5-6-7-8-9-10-12(2)11-13/h6-7,9-10,12H,3-5,8H2,1-2H3. The van der Waals surface area contributed by atoms with Gasteiger partial charge in [-0.25, -0.2) is 0 Å².